The Morgan fingerprint density at radius 2 is 2.07 bits per heavy atom. The van der Waals surface area contributed by atoms with Crippen molar-refractivity contribution in [1.82, 2.24) is 0 Å². The lowest BCUT2D eigenvalue weighted by Crippen LogP contribution is -1.92. The maximum absolute atomic E-state index is 10.7. The number of aryl methyl sites for hydroxylation is 1. The van der Waals surface area contributed by atoms with Crippen molar-refractivity contribution >= 4 is 11.1 Å². The van der Waals surface area contributed by atoms with Gasteiger partial charge in [0, 0.05) is 4.90 Å². The zero-order valence-electron chi connectivity index (χ0n) is 9.07. The predicted molar refractivity (Wildman–Crippen MR) is 61.5 cm³/mol. The molecule has 2 nitrogen and oxygen atoms in total. The molecule has 0 aliphatic carbocycles. The first-order valence-electron chi connectivity index (χ1n) is 5.42. The third-order valence-electron chi connectivity index (χ3n) is 2.41. The van der Waals surface area contributed by atoms with Crippen molar-refractivity contribution in [3.8, 4) is 0 Å². The molecule has 3 heteroatoms. The molecule has 1 aromatic carbocycles. The number of rotatable bonds is 6. The second-order valence-corrected chi connectivity index (χ2v) is 4.63. The predicted octanol–water partition coefficient (Wildman–Crippen LogP) is 3.05. The Hall–Kier alpha value is -0.670. The largest absolute Gasteiger partial charge is 0.768 e. The second-order valence-electron chi connectivity index (χ2n) is 3.69. The van der Waals surface area contributed by atoms with Gasteiger partial charge in [0.25, 0.3) is 0 Å². The van der Waals surface area contributed by atoms with Crippen molar-refractivity contribution in [2.45, 2.75) is 43.9 Å². The molecule has 0 heterocycles. The van der Waals surface area contributed by atoms with E-state index < -0.39 is 11.1 Å². The van der Waals surface area contributed by atoms with Crippen LogP contribution in [-0.2, 0) is 17.5 Å². The summed E-state index contributed by atoms with van der Waals surface area (Å²) >= 11 is -2.10. The molecule has 0 fully saturated rings. The Kier molecular flexibility index (Phi) is 5.58. The maximum Gasteiger partial charge on any atom is 0.0251 e. The highest BCUT2D eigenvalue weighted by Gasteiger charge is 1.96. The molecule has 0 saturated heterocycles. The molecule has 1 rings (SSSR count). The summed E-state index contributed by atoms with van der Waals surface area (Å²) in [5, 5.41) is 0. The normalized spacial score (nSPS) is 12.7. The van der Waals surface area contributed by atoms with Crippen LogP contribution in [0.2, 0.25) is 0 Å². The smallest absolute Gasteiger partial charge is 0.0251 e. The quantitative estimate of drug-likeness (QED) is 0.551. The number of hydrogen-bond acceptors (Lipinski definition) is 2. The molecule has 0 radical (unpaired) electrons. The van der Waals surface area contributed by atoms with E-state index in [0.29, 0.717) is 4.90 Å². The minimum absolute atomic E-state index is 0.392. The Morgan fingerprint density at radius 1 is 1.27 bits per heavy atom. The van der Waals surface area contributed by atoms with Crippen molar-refractivity contribution in [3.05, 3.63) is 29.8 Å². The van der Waals surface area contributed by atoms with Gasteiger partial charge in [-0.1, -0.05) is 38.3 Å². The molecule has 0 bridgehead atoms. The molecular weight excluding hydrogens is 208 g/mol. The van der Waals surface area contributed by atoms with Gasteiger partial charge in [0.2, 0.25) is 0 Å². The van der Waals surface area contributed by atoms with E-state index in [4.69, 9.17) is 0 Å². The van der Waals surface area contributed by atoms with Crippen LogP contribution in [0.4, 0.5) is 0 Å². The van der Waals surface area contributed by atoms with Gasteiger partial charge in [0.15, 0.2) is 0 Å². The van der Waals surface area contributed by atoms with Crippen molar-refractivity contribution in [2.24, 2.45) is 0 Å². The van der Waals surface area contributed by atoms with E-state index in [-0.39, 0.29) is 0 Å². The van der Waals surface area contributed by atoms with Gasteiger partial charge in [0.05, 0.1) is 0 Å². The highest BCUT2D eigenvalue weighted by Crippen LogP contribution is 2.12. The monoisotopic (exact) mass is 225 g/mol. The summed E-state index contributed by atoms with van der Waals surface area (Å²) in [7, 11) is 0. The summed E-state index contributed by atoms with van der Waals surface area (Å²) < 4.78 is 21.5. The molecule has 15 heavy (non-hydrogen) atoms. The van der Waals surface area contributed by atoms with E-state index in [1.54, 1.807) is 18.2 Å². The van der Waals surface area contributed by atoms with E-state index in [9.17, 15) is 8.76 Å². The van der Waals surface area contributed by atoms with Gasteiger partial charge in [-0.3, -0.25) is 4.21 Å². The standard InChI is InChI=1S/C12H18O2S/c1-2-3-4-5-7-11-8-6-9-12(10-11)15(13)14/h6,8-10H,2-5,7H2,1H3,(H,13,14)/p-1. The number of hydrogen-bond donors (Lipinski definition) is 0. The summed E-state index contributed by atoms with van der Waals surface area (Å²) in [6.45, 7) is 2.18. The van der Waals surface area contributed by atoms with Crippen LogP contribution in [0.25, 0.3) is 0 Å². The topological polar surface area (TPSA) is 40.1 Å². The maximum atomic E-state index is 10.7. The average Bonchev–Trinajstić information content (AvgIpc) is 2.25. The highest BCUT2D eigenvalue weighted by atomic mass is 32.2. The van der Waals surface area contributed by atoms with Crippen LogP contribution < -0.4 is 0 Å². The minimum Gasteiger partial charge on any atom is -0.768 e. The molecule has 0 spiro atoms. The van der Waals surface area contributed by atoms with Gasteiger partial charge in [0.1, 0.15) is 0 Å². The van der Waals surface area contributed by atoms with Crippen LogP contribution in [0.3, 0.4) is 0 Å². The molecule has 1 unspecified atom stereocenters. The molecule has 0 amide bonds. The Bertz CT molecular complexity index is 323. The Balaban J connectivity index is 2.47. The molecule has 1 atom stereocenters. The Labute approximate surface area is 94.0 Å². The van der Waals surface area contributed by atoms with E-state index in [1.165, 1.54) is 19.3 Å². The van der Waals surface area contributed by atoms with E-state index in [2.05, 4.69) is 6.92 Å². The molecule has 0 aliphatic rings. The van der Waals surface area contributed by atoms with Crippen LogP contribution in [0.5, 0.6) is 0 Å². The summed E-state index contributed by atoms with van der Waals surface area (Å²) in [6.07, 6.45) is 5.83. The molecule has 0 aliphatic heterocycles. The summed E-state index contributed by atoms with van der Waals surface area (Å²) in [5.41, 5.74) is 1.12. The van der Waals surface area contributed by atoms with Crippen molar-refractivity contribution in [2.75, 3.05) is 0 Å². The van der Waals surface area contributed by atoms with Gasteiger partial charge >= 0.3 is 0 Å². The van der Waals surface area contributed by atoms with Crippen LogP contribution in [0.1, 0.15) is 38.2 Å². The molecule has 0 N–H and O–H groups in total. The summed E-state index contributed by atoms with van der Waals surface area (Å²) in [5.74, 6) is 0. The van der Waals surface area contributed by atoms with Crippen LogP contribution in [0, 0.1) is 0 Å². The molecule has 1 aromatic rings. The van der Waals surface area contributed by atoms with Crippen LogP contribution in [0.15, 0.2) is 29.2 Å². The van der Waals surface area contributed by atoms with Gasteiger partial charge in [-0.05, 0) is 41.6 Å². The molecule has 0 saturated carbocycles. The van der Waals surface area contributed by atoms with Crippen molar-refractivity contribution in [1.29, 1.82) is 0 Å². The highest BCUT2D eigenvalue weighted by molar-refractivity contribution is 7.79. The van der Waals surface area contributed by atoms with Crippen molar-refractivity contribution in [3.63, 3.8) is 0 Å². The molecule has 0 aromatic heterocycles. The Morgan fingerprint density at radius 3 is 2.73 bits per heavy atom. The fraction of sp³-hybridized carbons (Fsp3) is 0.500. The third-order valence-corrected chi connectivity index (χ3v) is 3.05. The third kappa shape index (κ3) is 4.58. The lowest BCUT2D eigenvalue weighted by atomic mass is 10.1. The summed E-state index contributed by atoms with van der Waals surface area (Å²) in [6, 6.07) is 7.18. The first-order chi connectivity index (χ1) is 7.24. The number of unbranched alkanes of at least 4 members (excludes halogenated alkanes) is 3. The van der Waals surface area contributed by atoms with E-state index >= 15 is 0 Å². The second kappa shape index (κ2) is 6.75. The summed E-state index contributed by atoms with van der Waals surface area (Å²) in [4.78, 5) is 0.392. The number of benzene rings is 1. The van der Waals surface area contributed by atoms with Gasteiger partial charge in [-0.2, -0.15) is 0 Å². The first-order valence-corrected chi connectivity index (χ1v) is 6.49. The zero-order valence-corrected chi connectivity index (χ0v) is 9.89. The first kappa shape index (κ1) is 12.4. The lowest BCUT2D eigenvalue weighted by molar-refractivity contribution is 0.537. The van der Waals surface area contributed by atoms with Gasteiger partial charge in [-0.15, -0.1) is 0 Å². The van der Waals surface area contributed by atoms with Crippen molar-refractivity contribution < 1.29 is 8.76 Å². The zero-order chi connectivity index (χ0) is 11.1. The van der Waals surface area contributed by atoms with Gasteiger partial charge < -0.3 is 4.55 Å². The lowest BCUT2D eigenvalue weighted by Gasteiger charge is -2.07. The van der Waals surface area contributed by atoms with E-state index in [1.807, 2.05) is 6.07 Å². The fourth-order valence-corrected chi connectivity index (χ4v) is 2.00. The molecular formula is C12H17O2S-. The fourth-order valence-electron chi connectivity index (χ4n) is 1.56. The SMILES string of the molecule is CCCCCCc1cccc(S(=O)[O-])c1. The van der Waals surface area contributed by atoms with E-state index in [0.717, 1.165) is 18.4 Å². The van der Waals surface area contributed by atoms with Crippen LogP contribution in [-0.4, -0.2) is 8.76 Å². The van der Waals surface area contributed by atoms with Gasteiger partial charge in [-0.25, -0.2) is 0 Å². The molecule has 84 valence electrons. The minimum atomic E-state index is -2.10. The average molecular weight is 225 g/mol. The van der Waals surface area contributed by atoms with Crippen LogP contribution >= 0.6 is 0 Å².